The molecule has 18 aromatic rings. The van der Waals surface area contributed by atoms with Crippen molar-refractivity contribution in [2.45, 2.75) is 0 Å². The molecule has 0 bridgehead atoms. The summed E-state index contributed by atoms with van der Waals surface area (Å²) in [4.78, 5) is 4.64. The Hall–Kier alpha value is -13.3. The van der Waals surface area contributed by atoms with E-state index in [0.29, 0.717) is 0 Å². The van der Waals surface area contributed by atoms with Crippen molar-refractivity contribution in [1.82, 2.24) is 0 Å². The first kappa shape index (κ1) is 60.4. The summed E-state index contributed by atoms with van der Waals surface area (Å²) in [6, 6.07) is 142. The summed E-state index contributed by atoms with van der Waals surface area (Å²) in [7, 11) is 0. The number of hydrogen-bond donors (Lipinski definition) is 0. The Kier molecular flexibility index (Phi) is 16.4. The number of para-hydroxylation sites is 2. The lowest BCUT2D eigenvalue weighted by Crippen LogP contribution is -2.10. The number of benzene rings is 16. The Morgan fingerprint density at radius 1 is 0.130 bits per heavy atom. The van der Waals surface area contributed by atoms with Crippen LogP contribution in [0, 0.1) is 0 Å². The lowest BCUT2D eigenvalue weighted by atomic mass is 9.98. The van der Waals surface area contributed by atoms with Crippen molar-refractivity contribution >= 4 is 78.0 Å². The van der Waals surface area contributed by atoms with Gasteiger partial charge in [0.2, 0.25) is 0 Å². The highest BCUT2D eigenvalue weighted by molar-refractivity contribution is 6.07. The summed E-state index contributed by atoms with van der Waals surface area (Å²) in [5.74, 6) is 0. The van der Waals surface area contributed by atoms with E-state index in [0.717, 1.165) is 89.1 Å². The molecule has 0 atom stereocenters. The molecule has 0 aliphatic carbocycles. The van der Waals surface area contributed by atoms with Gasteiger partial charge < -0.3 is 18.6 Å². The predicted octanol–water partition coefficient (Wildman–Crippen LogP) is 27.4. The van der Waals surface area contributed by atoms with Gasteiger partial charge in [-0.25, -0.2) is 0 Å². The maximum Gasteiger partial charge on any atom is 0.137 e. The highest BCUT2D eigenvalue weighted by Gasteiger charge is 2.20. The quantitative estimate of drug-likeness (QED) is 0.109. The summed E-state index contributed by atoms with van der Waals surface area (Å²) in [5, 5.41) is 4.49. The minimum absolute atomic E-state index is 0.871. The summed E-state index contributed by atoms with van der Waals surface area (Å²) in [6.07, 6.45) is 0. The molecule has 2 aromatic heterocycles. The maximum atomic E-state index is 6.36. The van der Waals surface area contributed by atoms with Gasteiger partial charge in [-0.15, -0.1) is 0 Å². The highest BCUT2D eigenvalue weighted by Crippen LogP contribution is 2.44. The molecular weight excluding hydrogens is 1210 g/mol. The molecule has 16 aromatic carbocycles. The van der Waals surface area contributed by atoms with Gasteiger partial charge in [-0.1, -0.05) is 297 Å². The Morgan fingerprint density at radius 2 is 0.350 bits per heavy atom. The second-order valence-electron chi connectivity index (χ2n) is 25.2. The minimum atomic E-state index is 0.871. The van der Waals surface area contributed by atoms with Crippen molar-refractivity contribution in [3.63, 3.8) is 0 Å². The third-order valence-electron chi connectivity index (χ3n) is 19.0. The number of rotatable bonds is 14. The zero-order chi connectivity index (χ0) is 66.6. The lowest BCUT2D eigenvalue weighted by molar-refractivity contribution is 0.668. The largest absolute Gasteiger partial charge is 0.456 e. The molecule has 100 heavy (non-hydrogen) atoms. The van der Waals surface area contributed by atoms with Crippen molar-refractivity contribution in [3.05, 3.63) is 400 Å². The van der Waals surface area contributed by atoms with Gasteiger partial charge in [0.25, 0.3) is 0 Å². The fraction of sp³-hybridized carbons (Fsp3) is 0. The second kappa shape index (κ2) is 27.1. The summed E-state index contributed by atoms with van der Waals surface area (Å²) in [5.41, 5.74) is 29.0. The van der Waals surface area contributed by atoms with Crippen LogP contribution in [0.4, 0.5) is 34.1 Å². The highest BCUT2D eigenvalue weighted by atomic mass is 16.3. The standard InChI is InChI=1S/2C48H33NO/c1-3-11-34(12-4-1)36-21-23-37(24-22-36)38-25-27-42(28-26-38)49(44-29-30-46-45-19-7-8-20-47(45)50-48(46)33-44)43-18-10-17-41(32-43)40-16-9-15-39(31-40)35-13-5-2-6-14-35;1-3-10-34(11-4-1)36-18-20-38(21-19-36)39-26-28-42(29-27-39)49(44-30-31-46-45-16-7-8-17-47(45)50-48(46)33-44)43-15-9-14-41(32-43)40-24-22-37(23-25-40)35-12-5-2-6-13-35/h2*1-33H. The molecule has 0 aliphatic heterocycles. The van der Waals surface area contributed by atoms with Gasteiger partial charge in [-0.2, -0.15) is 0 Å². The summed E-state index contributed by atoms with van der Waals surface area (Å²) in [6.45, 7) is 0. The average Bonchev–Trinajstić information content (AvgIpc) is 1.51. The number of furan rings is 2. The molecule has 0 fully saturated rings. The van der Waals surface area contributed by atoms with Crippen LogP contribution in [0.3, 0.4) is 0 Å². The normalized spacial score (nSPS) is 11.2. The van der Waals surface area contributed by atoms with Gasteiger partial charge >= 0.3 is 0 Å². The molecule has 0 N–H and O–H groups in total. The van der Waals surface area contributed by atoms with Gasteiger partial charge in [0.1, 0.15) is 22.3 Å². The Bertz CT molecular complexity index is 5850. The molecule has 18 rings (SSSR count). The molecular formula is C96H66N2O2. The van der Waals surface area contributed by atoms with E-state index < -0.39 is 0 Å². The predicted molar refractivity (Wildman–Crippen MR) is 420 cm³/mol. The van der Waals surface area contributed by atoms with Crippen LogP contribution in [-0.2, 0) is 0 Å². The number of hydrogen-bond acceptors (Lipinski definition) is 4. The smallest absolute Gasteiger partial charge is 0.137 e. The SMILES string of the molecule is c1ccc(-c2ccc(-c3ccc(N(c4cccc(-c5ccc(-c6ccccc6)cc5)c4)c4ccc5c(c4)oc4ccccc45)cc3)cc2)cc1.c1ccc(-c2ccc(-c3ccc(N(c4cccc(-c5cccc(-c6ccccc6)c5)c4)c4ccc5c(c4)oc4ccccc45)cc3)cc2)cc1. The molecule has 0 aliphatic rings. The van der Waals surface area contributed by atoms with Crippen LogP contribution < -0.4 is 9.80 Å². The van der Waals surface area contributed by atoms with E-state index in [1.54, 1.807) is 0 Å². The first-order valence-electron chi connectivity index (χ1n) is 34.0. The molecule has 2 heterocycles. The van der Waals surface area contributed by atoms with Gasteiger partial charge in [-0.05, 0) is 180 Å². The van der Waals surface area contributed by atoms with Crippen molar-refractivity contribution in [2.24, 2.45) is 0 Å². The average molecular weight is 1280 g/mol. The Labute approximate surface area is 582 Å². The third kappa shape index (κ3) is 12.4. The lowest BCUT2D eigenvalue weighted by Gasteiger charge is -2.26. The van der Waals surface area contributed by atoms with Gasteiger partial charge in [-0.3, -0.25) is 0 Å². The fourth-order valence-corrected chi connectivity index (χ4v) is 13.8. The van der Waals surface area contributed by atoms with Crippen LogP contribution in [0.1, 0.15) is 0 Å². The fourth-order valence-electron chi connectivity index (χ4n) is 13.8. The van der Waals surface area contributed by atoms with E-state index in [2.05, 4.69) is 386 Å². The summed E-state index contributed by atoms with van der Waals surface area (Å²) >= 11 is 0. The molecule has 4 heteroatoms. The van der Waals surface area contributed by atoms with Crippen molar-refractivity contribution < 1.29 is 8.83 Å². The monoisotopic (exact) mass is 1280 g/mol. The van der Waals surface area contributed by atoms with Crippen molar-refractivity contribution in [3.8, 4) is 89.0 Å². The maximum absolute atomic E-state index is 6.36. The Balaban J connectivity index is 0.000000150. The van der Waals surface area contributed by atoms with Gasteiger partial charge in [0.05, 0.1) is 0 Å². The van der Waals surface area contributed by atoms with E-state index in [-0.39, 0.29) is 0 Å². The van der Waals surface area contributed by atoms with Gasteiger partial charge in [0.15, 0.2) is 0 Å². The molecule has 0 amide bonds. The number of anilines is 6. The zero-order valence-corrected chi connectivity index (χ0v) is 54.8. The van der Waals surface area contributed by atoms with Crippen LogP contribution in [0.2, 0.25) is 0 Å². The van der Waals surface area contributed by atoms with E-state index in [4.69, 9.17) is 8.83 Å². The van der Waals surface area contributed by atoms with E-state index in [1.165, 1.54) is 77.9 Å². The molecule has 0 spiro atoms. The first-order valence-corrected chi connectivity index (χ1v) is 34.0. The van der Waals surface area contributed by atoms with Gasteiger partial charge in [0, 0.05) is 67.8 Å². The molecule has 472 valence electrons. The zero-order valence-electron chi connectivity index (χ0n) is 54.8. The molecule has 0 unspecified atom stereocenters. The number of fused-ring (bicyclic) bond motifs is 6. The molecule has 0 radical (unpaired) electrons. The van der Waals surface area contributed by atoms with Crippen LogP contribution in [0.25, 0.3) is 133 Å². The van der Waals surface area contributed by atoms with Crippen LogP contribution in [0.5, 0.6) is 0 Å². The first-order chi connectivity index (χ1) is 49.5. The van der Waals surface area contributed by atoms with E-state index >= 15 is 0 Å². The molecule has 0 saturated heterocycles. The van der Waals surface area contributed by atoms with Crippen LogP contribution in [0.15, 0.2) is 409 Å². The van der Waals surface area contributed by atoms with E-state index in [1.807, 2.05) is 24.3 Å². The van der Waals surface area contributed by atoms with Crippen molar-refractivity contribution in [1.29, 1.82) is 0 Å². The van der Waals surface area contributed by atoms with Crippen molar-refractivity contribution in [2.75, 3.05) is 9.80 Å². The molecule has 4 nitrogen and oxygen atoms in total. The number of nitrogens with zero attached hydrogens (tertiary/aromatic N) is 2. The Morgan fingerprint density at radius 3 is 0.710 bits per heavy atom. The van der Waals surface area contributed by atoms with E-state index in [9.17, 15) is 0 Å². The molecule has 0 saturated carbocycles. The second-order valence-corrected chi connectivity index (χ2v) is 25.2. The summed E-state index contributed by atoms with van der Waals surface area (Å²) < 4.78 is 12.7. The van der Waals surface area contributed by atoms with Crippen LogP contribution >= 0.6 is 0 Å². The third-order valence-corrected chi connectivity index (χ3v) is 19.0. The van der Waals surface area contributed by atoms with Crippen LogP contribution in [-0.4, -0.2) is 0 Å². The topological polar surface area (TPSA) is 32.8 Å². The minimum Gasteiger partial charge on any atom is -0.456 e.